The number of hydrogen-bond acceptors (Lipinski definition) is 5. The predicted octanol–water partition coefficient (Wildman–Crippen LogP) is 1.22. The number of methoxy groups -OCH3 is 1. The van der Waals surface area contributed by atoms with Crippen molar-refractivity contribution in [2.45, 2.75) is 12.8 Å². The monoisotopic (exact) mass is 307 g/mol. The lowest BCUT2D eigenvalue weighted by Crippen LogP contribution is -2.42. The molecule has 0 aromatic carbocycles. The highest BCUT2D eigenvalue weighted by Gasteiger charge is 2.23. The zero-order chi connectivity index (χ0) is 15.9. The minimum atomic E-state index is -0.0996. The highest BCUT2D eigenvalue weighted by atomic mass is 16.5. The van der Waals surface area contributed by atoms with E-state index < -0.39 is 0 Å². The summed E-state index contributed by atoms with van der Waals surface area (Å²) in [6.45, 7) is 4.52. The van der Waals surface area contributed by atoms with Crippen molar-refractivity contribution in [3.05, 3.63) is 24.0 Å². The molecule has 1 amide bonds. The molecule has 2 rings (SSSR count). The molecule has 0 unspecified atom stereocenters. The molecule has 1 aromatic heterocycles. The van der Waals surface area contributed by atoms with Crippen molar-refractivity contribution >= 4 is 5.91 Å². The van der Waals surface area contributed by atoms with Crippen molar-refractivity contribution in [1.29, 1.82) is 0 Å². The lowest BCUT2D eigenvalue weighted by Gasteiger charge is -2.34. The average Bonchev–Trinajstić information content (AvgIpc) is 2.52. The molecule has 0 saturated carbocycles. The lowest BCUT2D eigenvalue weighted by molar-refractivity contribution is 0.0702. The van der Waals surface area contributed by atoms with E-state index in [-0.39, 0.29) is 11.7 Å². The van der Waals surface area contributed by atoms with Crippen molar-refractivity contribution in [1.82, 2.24) is 14.8 Å². The van der Waals surface area contributed by atoms with Crippen molar-refractivity contribution in [2.24, 2.45) is 5.92 Å². The van der Waals surface area contributed by atoms with Gasteiger partial charge in [-0.05, 0) is 31.4 Å². The summed E-state index contributed by atoms with van der Waals surface area (Å²) in [5.41, 5.74) is 0.426. The number of pyridine rings is 1. The van der Waals surface area contributed by atoms with Crippen LogP contribution in [0.25, 0.3) is 0 Å². The Kier molecular flexibility index (Phi) is 6.15. The molecule has 6 nitrogen and oxygen atoms in total. The van der Waals surface area contributed by atoms with Crippen LogP contribution in [0.2, 0.25) is 0 Å². The van der Waals surface area contributed by atoms with Gasteiger partial charge >= 0.3 is 0 Å². The number of likely N-dealkylation sites (tertiary alicyclic amines) is 1. The van der Waals surface area contributed by atoms with E-state index in [2.05, 4.69) is 9.88 Å². The topological polar surface area (TPSA) is 65.9 Å². The van der Waals surface area contributed by atoms with Crippen molar-refractivity contribution < 1.29 is 14.6 Å². The molecule has 0 aliphatic carbocycles. The van der Waals surface area contributed by atoms with Crippen molar-refractivity contribution in [3.8, 4) is 5.75 Å². The number of amides is 1. The molecular formula is C16H25N3O3. The molecule has 6 heteroatoms. The van der Waals surface area contributed by atoms with Gasteiger partial charge in [0.1, 0.15) is 5.75 Å². The van der Waals surface area contributed by atoms with Crippen LogP contribution < -0.4 is 0 Å². The number of nitrogens with zero attached hydrogens (tertiary/aromatic N) is 3. The maximum atomic E-state index is 12.4. The van der Waals surface area contributed by atoms with Gasteiger partial charge in [-0.1, -0.05) is 0 Å². The molecule has 1 fully saturated rings. The summed E-state index contributed by atoms with van der Waals surface area (Å²) >= 11 is 0. The molecular weight excluding hydrogens is 282 g/mol. The molecule has 1 atom stereocenters. The first-order valence-electron chi connectivity index (χ1n) is 7.71. The van der Waals surface area contributed by atoms with E-state index in [0.717, 1.165) is 45.6 Å². The Labute approximate surface area is 131 Å². The largest absolute Gasteiger partial charge is 0.506 e. The third kappa shape index (κ3) is 4.68. The van der Waals surface area contributed by atoms with Gasteiger partial charge in [0.25, 0.3) is 5.91 Å². The van der Waals surface area contributed by atoms with Crippen LogP contribution in [0.5, 0.6) is 5.75 Å². The summed E-state index contributed by atoms with van der Waals surface area (Å²) in [7, 11) is 3.53. The Hall–Kier alpha value is -1.66. The molecule has 1 aliphatic rings. The Morgan fingerprint density at radius 2 is 2.36 bits per heavy atom. The first-order valence-corrected chi connectivity index (χ1v) is 7.71. The van der Waals surface area contributed by atoms with Gasteiger partial charge in [0.15, 0.2) is 0 Å². The average molecular weight is 307 g/mol. The van der Waals surface area contributed by atoms with Crippen LogP contribution >= 0.6 is 0 Å². The summed E-state index contributed by atoms with van der Waals surface area (Å²) in [6.07, 6.45) is 5.11. The molecule has 0 radical (unpaired) electrons. The maximum absolute atomic E-state index is 12.4. The molecule has 1 aliphatic heterocycles. The Morgan fingerprint density at radius 1 is 1.55 bits per heavy atom. The number of rotatable bonds is 6. The summed E-state index contributed by atoms with van der Waals surface area (Å²) in [6, 6.07) is 1.46. The molecule has 0 spiro atoms. The number of ether oxygens (including phenoxy) is 1. The van der Waals surface area contributed by atoms with Crippen LogP contribution in [-0.2, 0) is 4.74 Å². The zero-order valence-corrected chi connectivity index (χ0v) is 13.4. The fourth-order valence-corrected chi connectivity index (χ4v) is 2.96. The summed E-state index contributed by atoms with van der Waals surface area (Å²) in [5.74, 6) is 0.393. The van der Waals surface area contributed by atoms with Crippen LogP contribution in [0.4, 0.5) is 0 Å². The molecule has 2 heterocycles. The number of aromatic hydroxyl groups is 1. The number of piperidine rings is 1. The molecule has 122 valence electrons. The van der Waals surface area contributed by atoms with Gasteiger partial charge in [-0.25, -0.2) is 0 Å². The number of carbonyl (C=O) groups excluding carboxylic acids is 1. The van der Waals surface area contributed by atoms with Gasteiger partial charge in [0.2, 0.25) is 0 Å². The zero-order valence-electron chi connectivity index (χ0n) is 13.4. The maximum Gasteiger partial charge on any atom is 0.255 e. The molecule has 1 N–H and O–H groups in total. The number of hydrogen-bond donors (Lipinski definition) is 1. The summed E-state index contributed by atoms with van der Waals surface area (Å²) in [5, 5.41) is 9.43. The molecule has 1 saturated heterocycles. The lowest BCUT2D eigenvalue weighted by atomic mass is 9.97. The van der Waals surface area contributed by atoms with E-state index in [0.29, 0.717) is 11.5 Å². The van der Waals surface area contributed by atoms with E-state index in [1.54, 1.807) is 19.1 Å². The first-order chi connectivity index (χ1) is 10.6. The van der Waals surface area contributed by atoms with Crippen LogP contribution in [0.3, 0.4) is 0 Å². The second-order valence-electron chi connectivity index (χ2n) is 5.92. The van der Waals surface area contributed by atoms with Crippen LogP contribution in [0, 0.1) is 5.92 Å². The normalized spacial score (nSPS) is 19.1. The van der Waals surface area contributed by atoms with Crippen molar-refractivity contribution in [2.75, 3.05) is 46.9 Å². The van der Waals surface area contributed by atoms with Crippen LogP contribution in [0.15, 0.2) is 18.5 Å². The minimum absolute atomic E-state index is 0.0163. The van der Waals surface area contributed by atoms with E-state index in [1.807, 2.05) is 0 Å². The fourth-order valence-electron chi connectivity index (χ4n) is 2.96. The number of carbonyl (C=O) groups is 1. The highest BCUT2D eigenvalue weighted by molar-refractivity contribution is 5.94. The van der Waals surface area contributed by atoms with Gasteiger partial charge in [-0.3, -0.25) is 9.78 Å². The van der Waals surface area contributed by atoms with E-state index in [4.69, 9.17) is 4.74 Å². The van der Waals surface area contributed by atoms with E-state index >= 15 is 0 Å². The standard InChI is InChI=1S/C16H25N3O3/c1-18(16(21)14-8-15(20)10-17-9-14)11-13-4-3-5-19(12-13)6-7-22-2/h8-10,13,20H,3-7,11-12H2,1-2H3/t13-/m0/s1. The second kappa shape index (κ2) is 8.10. The molecule has 1 aromatic rings. The third-order valence-electron chi connectivity index (χ3n) is 4.06. The van der Waals surface area contributed by atoms with Gasteiger partial charge in [-0.15, -0.1) is 0 Å². The van der Waals surface area contributed by atoms with E-state index in [1.165, 1.54) is 18.5 Å². The second-order valence-corrected chi connectivity index (χ2v) is 5.92. The number of aromatic nitrogens is 1. The minimum Gasteiger partial charge on any atom is -0.506 e. The smallest absolute Gasteiger partial charge is 0.255 e. The van der Waals surface area contributed by atoms with Gasteiger partial charge in [-0.2, -0.15) is 0 Å². The Balaban J connectivity index is 1.88. The fraction of sp³-hybridized carbons (Fsp3) is 0.625. The summed E-state index contributed by atoms with van der Waals surface area (Å²) < 4.78 is 5.13. The third-order valence-corrected chi connectivity index (χ3v) is 4.06. The predicted molar refractivity (Wildman–Crippen MR) is 83.9 cm³/mol. The Bertz CT molecular complexity index is 495. The SMILES string of the molecule is COCCN1CCC[C@@H](CN(C)C(=O)c2cncc(O)c2)C1. The van der Waals surface area contributed by atoms with Gasteiger partial charge in [0, 0.05) is 40.0 Å². The quantitative estimate of drug-likeness (QED) is 0.856. The Morgan fingerprint density at radius 3 is 3.09 bits per heavy atom. The van der Waals surface area contributed by atoms with Crippen LogP contribution in [-0.4, -0.2) is 72.7 Å². The van der Waals surface area contributed by atoms with Gasteiger partial charge < -0.3 is 19.6 Å². The van der Waals surface area contributed by atoms with Crippen LogP contribution in [0.1, 0.15) is 23.2 Å². The summed E-state index contributed by atoms with van der Waals surface area (Å²) in [4.78, 5) is 20.3. The van der Waals surface area contributed by atoms with Gasteiger partial charge in [0.05, 0.1) is 18.4 Å². The first kappa shape index (κ1) is 16.7. The molecule has 0 bridgehead atoms. The van der Waals surface area contributed by atoms with Crippen molar-refractivity contribution in [3.63, 3.8) is 0 Å². The molecule has 22 heavy (non-hydrogen) atoms. The van der Waals surface area contributed by atoms with E-state index in [9.17, 15) is 9.90 Å². The highest BCUT2D eigenvalue weighted by Crippen LogP contribution is 2.18.